The zero-order valence-corrected chi connectivity index (χ0v) is 15.4. The predicted molar refractivity (Wildman–Crippen MR) is 62.2 cm³/mol. The van der Waals surface area contributed by atoms with E-state index in [4.69, 9.17) is 0 Å². The quantitative estimate of drug-likeness (QED) is 0.354. The third-order valence-electron chi connectivity index (χ3n) is 2.78. The Hall–Kier alpha value is 1.34. The molecule has 0 saturated heterocycles. The number of hydrogen-bond acceptors (Lipinski definition) is 3. The van der Waals surface area contributed by atoms with Crippen LogP contribution in [-0.4, -0.2) is 24.4 Å². The zero-order chi connectivity index (χ0) is 14.2. The molecule has 0 saturated carbocycles. The number of alkyl halides is 3. The molecule has 3 nitrogen and oxygen atoms in total. The fraction of sp³-hybridized carbons (Fsp3) is 1.00. The van der Waals surface area contributed by atoms with Crippen LogP contribution in [0.25, 0.3) is 0 Å². The van der Waals surface area contributed by atoms with Crippen molar-refractivity contribution in [2.24, 2.45) is 0 Å². The van der Waals surface area contributed by atoms with Crippen molar-refractivity contribution in [1.82, 2.24) is 0 Å². The van der Waals surface area contributed by atoms with E-state index in [0.717, 1.165) is 32.1 Å². The number of halogens is 3. The molecule has 1 atom stereocenters. The summed E-state index contributed by atoms with van der Waals surface area (Å²) < 4.78 is 68.5. The fourth-order valence-electron chi connectivity index (χ4n) is 1.76. The van der Waals surface area contributed by atoms with Gasteiger partial charge in [-0.25, -0.2) is 8.42 Å². The molecular weight excluding hydrogens is 308 g/mol. The Morgan fingerprint density at radius 3 is 1.79 bits per heavy atom. The third kappa shape index (κ3) is 11.6. The maximum atomic E-state index is 12.3. The summed E-state index contributed by atoms with van der Waals surface area (Å²) in [5.41, 5.74) is 0. The minimum Gasteiger partial charge on any atom is -0.747 e. The molecule has 0 radical (unpaired) electrons. The van der Waals surface area contributed by atoms with Crippen molar-refractivity contribution in [2.75, 3.05) is 0 Å². The second-order valence-corrected chi connectivity index (χ2v) is 5.99. The van der Waals surface area contributed by atoms with Crippen LogP contribution in [-0.2, 0) is 10.1 Å². The van der Waals surface area contributed by atoms with E-state index in [1.807, 2.05) is 0 Å². The molecule has 0 aliphatic rings. The van der Waals surface area contributed by atoms with Gasteiger partial charge in [-0.1, -0.05) is 51.9 Å². The smallest absolute Gasteiger partial charge is 0.747 e. The van der Waals surface area contributed by atoms with Crippen molar-refractivity contribution in [3.05, 3.63) is 0 Å². The molecule has 8 heteroatoms. The van der Waals surface area contributed by atoms with E-state index in [-0.39, 0.29) is 57.8 Å². The van der Waals surface area contributed by atoms with Crippen molar-refractivity contribution in [1.29, 1.82) is 0 Å². The summed E-state index contributed by atoms with van der Waals surface area (Å²) in [7, 11) is -5.30. The summed E-state index contributed by atoms with van der Waals surface area (Å²) in [6, 6.07) is 0. The Morgan fingerprint density at radius 1 is 1.00 bits per heavy atom. The summed E-state index contributed by atoms with van der Waals surface area (Å²) in [6.07, 6.45) is 0.0252. The van der Waals surface area contributed by atoms with E-state index < -0.39 is 28.0 Å². The number of hydrogen-bond donors (Lipinski definition) is 0. The molecular formula is C11H20F3KO3S. The topological polar surface area (TPSA) is 57.2 Å². The molecule has 19 heavy (non-hydrogen) atoms. The average Bonchev–Trinajstić information content (AvgIpc) is 2.18. The summed E-state index contributed by atoms with van der Waals surface area (Å²) in [6.45, 7) is 2.06. The second kappa shape index (κ2) is 11.0. The summed E-state index contributed by atoms with van der Waals surface area (Å²) in [4.78, 5) is 0. The Balaban J connectivity index is 0. The van der Waals surface area contributed by atoms with Gasteiger partial charge in [0.1, 0.15) is 15.4 Å². The molecule has 0 aromatic carbocycles. The normalized spacial score (nSPS) is 13.9. The van der Waals surface area contributed by atoms with Crippen LogP contribution in [0.1, 0.15) is 58.3 Å². The van der Waals surface area contributed by atoms with E-state index in [1.54, 1.807) is 0 Å². The van der Waals surface area contributed by atoms with Gasteiger partial charge in [0, 0.05) is 0 Å². The van der Waals surface area contributed by atoms with Crippen LogP contribution in [0.2, 0.25) is 0 Å². The van der Waals surface area contributed by atoms with Crippen molar-refractivity contribution in [2.45, 2.75) is 69.7 Å². The molecule has 0 bridgehead atoms. The Kier molecular flexibility index (Phi) is 13.1. The van der Waals surface area contributed by atoms with Gasteiger partial charge in [-0.3, -0.25) is 0 Å². The molecule has 0 aromatic heterocycles. The minimum atomic E-state index is -5.30. The number of unbranched alkanes of at least 4 members (excludes halogenated alkanes) is 6. The van der Waals surface area contributed by atoms with Crippen LogP contribution in [0.5, 0.6) is 0 Å². The van der Waals surface area contributed by atoms with E-state index in [1.165, 1.54) is 0 Å². The summed E-state index contributed by atoms with van der Waals surface area (Å²) in [5.74, 6) is 0. The molecule has 0 aromatic rings. The van der Waals surface area contributed by atoms with Crippen molar-refractivity contribution >= 4 is 10.1 Å². The van der Waals surface area contributed by atoms with Crippen molar-refractivity contribution in [3.63, 3.8) is 0 Å². The van der Waals surface area contributed by atoms with Gasteiger partial charge in [-0.15, -0.1) is 0 Å². The summed E-state index contributed by atoms with van der Waals surface area (Å²) >= 11 is 0. The first-order chi connectivity index (χ1) is 8.19. The first-order valence-corrected chi connectivity index (χ1v) is 7.68. The van der Waals surface area contributed by atoms with E-state index in [0.29, 0.717) is 6.42 Å². The first-order valence-electron chi connectivity index (χ1n) is 6.21. The molecule has 0 N–H and O–H groups in total. The molecule has 0 spiro atoms. The average molecular weight is 328 g/mol. The predicted octanol–water partition coefficient (Wildman–Crippen LogP) is 0.607. The van der Waals surface area contributed by atoms with Crippen molar-refractivity contribution in [3.8, 4) is 0 Å². The molecule has 0 rings (SSSR count). The van der Waals surface area contributed by atoms with Gasteiger partial charge in [0.15, 0.2) is 0 Å². The fourth-order valence-corrected chi connectivity index (χ4v) is 2.54. The maximum Gasteiger partial charge on any atom is 1.00 e. The number of rotatable bonds is 9. The molecule has 0 fully saturated rings. The van der Waals surface area contributed by atoms with Crippen LogP contribution >= 0.6 is 0 Å². The van der Waals surface area contributed by atoms with Crippen LogP contribution < -0.4 is 51.4 Å². The molecule has 0 aliphatic carbocycles. The Bertz CT molecular complexity index is 318. The Labute approximate surface area is 155 Å². The van der Waals surface area contributed by atoms with Gasteiger partial charge >= 0.3 is 57.6 Å². The van der Waals surface area contributed by atoms with E-state index in [2.05, 4.69) is 6.92 Å². The summed E-state index contributed by atoms with van der Waals surface area (Å²) in [5, 5.41) is -2.75. The minimum absolute atomic E-state index is 0. The monoisotopic (exact) mass is 328 g/mol. The van der Waals surface area contributed by atoms with E-state index in [9.17, 15) is 26.1 Å². The second-order valence-electron chi connectivity index (χ2n) is 4.43. The van der Waals surface area contributed by atoms with Gasteiger partial charge in [0.2, 0.25) is 0 Å². The van der Waals surface area contributed by atoms with Crippen molar-refractivity contribution < 1.29 is 77.5 Å². The van der Waals surface area contributed by atoms with Gasteiger partial charge in [0.25, 0.3) is 0 Å². The van der Waals surface area contributed by atoms with Crippen LogP contribution in [0, 0.1) is 0 Å². The first kappa shape index (κ1) is 22.6. The van der Waals surface area contributed by atoms with Gasteiger partial charge in [-0.05, 0) is 6.42 Å². The zero-order valence-electron chi connectivity index (χ0n) is 11.5. The van der Waals surface area contributed by atoms with Crippen LogP contribution in [0.3, 0.4) is 0 Å². The molecule has 0 amide bonds. The third-order valence-corrected chi connectivity index (χ3v) is 3.98. The molecule has 110 valence electrons. The van der Waals surface area contributed by atoms with Gasteiger partial charge < -0.3 is 4.55 Å². The molecule has 1 unspecified atom stereocenters. The van der Waals surface area contributed by atoms with Crippen LogP contribution in [0.4, 0.5) is 13.2 Å². The van der Waals surface area contributed by atoms with E-state index >= 15 is 0 Å². The standard InChI is InChI=1S/C11H21F3O3S.K/c1-2-3-4-5-6-7-8-9-10(11(12,13)14)18(15,16)17;/h10H,2-9H2,1H3,(H,15,16,17);/q;+1/p-1. The van der Waals surface area contributed by atoms with Crippen LogP contribution in [0.15, 0.2) is 0 Å². The molecule has 0 aliphatic heterocycles. The van der Waals surface area contributed by atoms with Gasteiger partial charge in [0.05, 0.1) is 0 Å². The molecule has 0 heterocycles. The SMILES string of the molecule is CCCCCCCCCC(C(F)(F)F)S(=O)(=O)[O-].[K+]. The maximum absolute atomic E-state index is 12.3. The van der Waals surface area contributed by atoms with Gasteiger partial charge in [-0.2, -0.15) is 13.2 Å². The largest absolute Gasteiger partial charge is 1.00 e. The Morgan fingerprint density at radius 2 is 1.42 bits per heavy atom.